The van der Waals surface area contributed by atoms with Crippen LogP contribution in [0.15, 0.2) is 162 Å². The molecule has 0 aliphatic rings. The van der Waals surface area contributed by atoms with Gasteiger partial charge >= 0.3 is 0 Å². The number of para-hydroxylation sites is 2. The van der Waals surface area contributed by atoms with Gasteiger partial charge in [0, 0.05) is 48.1 Å². The molecule has 0 saturated heterocycles. The number of furan rings is 1. The molecule has 49 heavy (non-hydrogen) atoms. The summed E-state index contributed by atoms with van der Waals surface area (Å²) in [6, 6.07) is 57.4. The topological polar surface area (TPSA) is 56.7 Å². The predicted octanol–water partition coefficient (Wildman–Crippen LogP) is 10.6. The number of hydrogen-bond acceptors (Lipinski definition) is 4. The summed E-state index contributed by atoms with van der Waals surface area (Å²) in [6.45, 7) is 0. The van der Waals surface area contributed by atoms with Crippen molar-refractivity contribution in [2.24, 2.45) is 0 Å². The zero-order valence-electron chi connectivity index (χ0n) is 26.0. The maximum Gasteiger partial charge on any atom is 0.156 e. The van der Waals surface area contributed by atoms with Crippen molar-refractivity contribution in [3.8, 4) is 28.3 Å². The number of fused-ring (bicyclic) bond motifs is 7. The predicted molar refractivity (Wildman–Crippen MR) is 194 cm³/mol. The van der Waals surface area contributed by atoms with Gasteiger partial charge in [0.1, 0.15) is 5.58 Å². The number of benzene rings is 6. The molecular weight excluding hydrogens is 781 g/mol. The summed E-state index contributed by atoms with van der Waals surface area (Å²) in [5.74, 6) is 0.757. The summed E-state index contributed by atoms with van der Waals surface area (Å²) in [5.41, 5.74) is 8.06. The van der Waals surface area contributed by atoms with E-state index in [4.69, 9.17) is 14.4 Å². The zero-order chi connectivity index (χ0) is 31.9. The van der Waals surface area contributed by atoms with E-state index in [2.05, 4.69) is 82.3 Å². The Balaban J connectivity index is 0.000000228. The quantitative estimate of drug-likeness (QED) is 0.167. The normalized spacial score (nSPS) is 11.1. The number of imidazole rings is 1. The molecule has 0 atom stereocenters. The van der Waals surface area contributed by atoms with Crippen LogP contribution in [0, 0.1) is 12.1 Å². The van der Waals surface area contributed by atoms with Gasteiger partial charge in [0.05, 0.1) is 22.4 Å². The summed E-state index contributed by atoms with van der Waals surface area (Å²) >= 11 is 0. The van der Waals surface area contributed by atoms with E-state index in [-0.39, 0.29) is 20.1 Å². The number of pyridine rings is 2. The number of hydrogen-bond donors (Lipinski definition) is 0. The van der Waals surface area contributed by atoms with E-state index >= 15 is 0 Å². The summed E-state index contributed by atoms with van der Waals surface area (Å²) < 4.78 is 8.72. The van der Waals surface area contributed by atoms with Gasteiger partial charge in [-0.15, -0.1) is 54.1 Å². The van der Waals surface area contributed by atoms with Crippen LogP contribution in [0.5, 0.6) is 0 Å². The van der Waals surface area contributed by atoms with Crippen molar-refractivity contribution in [2.45, 2.75) is 0 Å². The van der Waals surface area contributed by atoms with Crippen LogP contribution in [0.25, 0.3) is 83.1 Å². The molecule has 1 radical (unpaired) electrons. The molecule has 0 fully saturated rings. The van der Waals surface area contributed by atoms with Crippen LogP contribution in [0.2, 0.25) is 0 Å². The summed E-state index contributed by atoms with van der Waals surface area (Å²) in [5, 5.41) is 5.45. The van der Waals surface area contributed by atoms with Crippen molar-refractivity contribution < 1.29 is 24.5 Å². The Kier molecular flexibility index (Phi) is 8.02. The second-order valence-electron chi connectivity index (χ2n) is 11.5. The average Bonchev–Trinajstić information content (AvgIpc) is 3.74. The molecule has 235 valence electrons. The SMILES string of the molecule is [Ir].[c-]1ccc2c(oc3c4ccccc4ccc23)c1-c1nc2cc3ccccc3nc2n1-c1ccccc1.[c-]1ccccc1-c1ccccn1. The van der Waals surface area contributed by atoms with Crippen LogP contribution in [0.3, 0.4) is 0 Å². The number of nitrogens with zero attached hydrogens (tertiary/aromatic N) is 4. The molecule has 0 spiro atoms. The van der Waals surface area contributed by atoms with Crippen LogP contribution < -0.4 is 0 Å². The van der Waals surface area contributed by atoms with Crippen LogP contribution in [-0.4, -0.2) is 19.5 Å². The molecule has 0 saturated carbocycles. The Hall–Kier alpha value is -5.94. The van der Waals surface area contributed by atoms with E-state index in [0.717, 1.165) is 83.1 Å². The minimum Gasteiger partial charge on any atom is -0.500 e. The number of rotatable bonds is 3. The van der Waals surface area contributed by atoms with Crippen molar-refractivity contribution in [3.63, 3.8) is 0 Å². The number of aromatic nitrogens is 4. The van der Waals surface area contributed by atoms with E-state index in [1.54, 1.807) is 6.20 Å². The Morgan fingerprint density at radius 1 is 0.551 bits per heavy atom. The van der Waals surface area contributed by atoms with Crippen LogP contribution >= 0.6 is 0 Å². The van der Waals surface area contributed by atoms with Gasteiger partial charge in [-0.25, -0.2) is 4.98 Å². The molecule has 5 nitrogen and oxygen atoms in total. The molecule has 10 rings (SSSR count). The Morgan fingerprint density at radius 2 is 1.33 bits per heavy atom. The van der Waals surface area contributed by atoms with Gasteiger partial charge in [0.15, 0.2) is 5.65 Å². The molecule has 0 N–H and O–H groups in total. The first-order chi connectivity index (χ1) is 23.8. The smallest absolute Gasteiger partial charge is 0.156 e. The second kappa shape index (κ2) is 12.9. The summed E-state index contributed by atoms with van der Waals surface area (Å²) in [6.07, 6.45) is 1.79. The molecule has 0 amide bonds. The summed E-state index contributed by atoms with van der Waals surface area (Å²) in [7, 11) is 0. The van der Waals surface area contributed by atoms with Gasteiger partial charge in [-0.3, -0.25) is 4.98 Å². The van der Waals surface area contributed by atoms with E-state index in [9.17, 15) is 0 Å². The fourth-order valence-electron chi connectivity index (χ4n) is 6.31. The van der Waals surface area contributed by atoms with Crippen LogP contribution in [-0.2, 0) is 20.1 Å². The first kappa shape index (κ1) is 30.4. The third kappa shape index (κ3) is 5.47. The van der Waals surface area contributed by atoms with Crippen molar-refractivity contribution >= 4 is 54.8 Å². The average molecular weight is 807 g/mol. The zero-order valence-corrected chi connectivity index (χ0v) is 28.4. The van der Waals surface area contributed by atoms with Crippen LogP contribution in [0.1, 0.15) is 0 Å². The van der Waals surface area contributed by atoms with Crippen LogP contribution in [0.4, 0.5) is 0 Å². The largest absolute Gasteiger partial charge is 0.500 e. The molecule has 0 unspecified atom stereocenters. The molecule has 6 heteroatoms. The van der Waals surface area contributed by atoms with Crippen molar-refractivity contribution in [3.05, 3.63) is 170 Å². The second-order valence-corrected chi connectivity index (χ2v) is 11.5. The molecule has 0 aliphatic carbocycles. The first-order valence-electron chi connectivity index (χ1n) is 15.8. The molecule has 4 aromatic heterocycles. The van der Waals surface area contributed by atoms with E-state index in [1.807, 2.05) is 91.0 Å². The molecular formula is C43H26IrN4O-2. The molecule has 0 aliphatic heterocycles. The van der Waals surface area contributed by atoms with Gasteiger partial charge in [-0.2, -0.15) is 0 Å². The van der Waals surface area contributed by atoms with E-state index in [0.29, 0.717) is 0 Å². The molecule has 4 heterocycles. The van der Waals surface area contributed by atoms with Crippen molar-refractivity contribution in [1.29, 1.82) is 0 Å². The Labute approximate surface area is 295 Å². The van der Waals surface area contributed by atoms with Gasteiger partial charge in [-0.1, -0.05) is 95.9 Å². The molecule has 10 aromatic rings. The van der Waals surface area contributed by atoms with Gasteiger partial charge in [0.25, 0.3) is 0 Å². The standard InChI is InChI=1S/C32H18N3O.C11H8N.Ir/c1-2-11-22(12-3-1)35-31(34-28-19-21-10-5-7-16-27(21)33-32(28)35)26-15-8-14-24-25-18-17-20-9-4-6-13-23(20)29(25)36-30(24)26;1-2-6-10(7-3-1)11-8-4-5-9-12-11;/h1-14,16-19H;1-6,8-9H;/q2*-1;. The first-order valence-corrected chi connectivity index (χ1v) is 15.8. The Morgan fingerprint density at radius 3 is 2.16 bits per heavy atom. The van der Waals surface area contributed by atoms with Gasteiger partial charge in [0.2, 0.25) is 0 Å². The van der Waals surface area contributed by atoms with Crippen molar-refractivity contribution in [2.75, 3.05) is 0 Å². The third-order valence-corrected chi connectivity index (χ3v) is 8.55. The monoisotopic (exact) mass is 807 g/mol. The molecule has 0 bridgehead atoms. The van der Waals surface area contributed by atoms with Gasteiger partial charge < -0.3 is 14.0 Å². The fraction of sp³-hybridized carbons (Fsp3) is 0. The van der Waals surface area contributed by atoms with E-state index in [1.165, 1.54) is 0 Å². The Bertz CT molecular complexity index is 2680. The maximum atomic E-state index is 6.61. The van der Waals surface area contributed by atoms with E-state index < -0.39 is 0 Å². The van der Waals surface area contributed by atoms with Gasteiger partial charge in [-0.05, 0) is 41.4 Å². The minimum absolute atomic E-state index is 0. The van der Waals surface area contributed by atoms with Crippen molar-refractivity contribution in [1.82, 2.24) is 19.5 Å². The molecule has 6 aromatic carbocycles. The minimum atomic E-state index is 0. The fourth-order valence-corrected chi connectivity index (χ4v) is 6.31. The summed E-state index contributed by atoms with van der Waals surface area (Å²) in [4.78, 5) is 14.3. The third-order valence-electron chi connectivity index (χ3n) is 8.55. The maximum absolute atomic E-state index is 6.61.